The normalized spacial score (nSPS) is 28.9. The molecule has 9 rings (SSSR count). The van der Waals surface area contributed by atoms with E-state index < -0.39 is 29.6 Å². The van der Waals surface area contributed by atoms with Crippen LogP contribution < -0.4 is 21.7 Å². The van der Waals surface area contributed by atoms with Crippen LogP contribution in [0.2, 0.25) is 0 Å². The van der Waals surface area contributed by atoms with Gasteiger partial charge in [0.2, 0.25) is 23.6 Å². The monoisotopic (exact) mass is 792 g/mol. The van der Waals surface area contributed by atoms with E-state index in [1.54, 1.807) is 29.2 Å². The number of nitrogens with two attached hydrogens (primary N) is 1. The van der Waals surface area contributed by atoms with E-state index in [1.807, 2.05) is 66.7 Å². The van der Waals surface area contributed by atoms with Crippen LogP contribution in [0.15, 0.2) is 115 Å². The van der Waals surface area contributed by atoms with E-state index in [0.29, 0.717) is 11.1 Å². The maximum Gasteiger partial charge on any atom is 0.253 e. The maximum atomic E-state index is 14.0. The highest BCUT2D eigenvalue weighted by atomic mass is 16.2. The second kappa shape index (κ2) is 15.8. The van der Waals surface area contributed by atoms with Gasteiger partial charge in [-0.05, 0) is 60.2 Å². The zero-order valence-corrected chi connectivity index (χ0v) is 32.6. The Bertz CT molecular complexity index is 2180. The highest BCUT2D eigenvalue weighted by Gasteiger charge is 2.50. The molecule has 5 fully saturated rings. The molecule has 4 aromatic carbocycles. The predicted octanol–water partition coefficient (Wildman–Crippen LogP) is 3.57. The highest BCUT2D eigenvalue weighted by Crippen LogP contribution is 2.43. The molecule has 0 aromatic heterocycles. The number of benzene rings is 4. The van der Waals surface area contributed by atoms with Crippen LogP contribution in [0.1, 0.15) is 74.4 Å². The highest BCUT2D eigenvalue weighted by molar-refractivity contribution is 6.00. The first kappa shape index (κ1) is 38.2. The minimum absolute atomic E-state index is 0.0142. The summed E-state index contributed by atoms with van der Waals surface area (Å²) >= 11 is 0. The molecule has 3 aliphatic carbocycles. The number of carbonyl (C=O) groups excluding carboxylic acids is 6. The molecule has 59 heavy (non-hydrogen) atoms. The van der Waals surface area contributed by atoms with Gasteiger partial charge in [0, 0.05) is 73.2 Å². The van der Waals surface area contributed by atoms with Gasteiger partial charge in [-0.3, -0.25) is 28.8 Å². The molecule has 4 aromatic rings. The van der Waals surface area contributed by atoms with Gasteiger partial charge in [-0.1, -0.05) is 91.0 Å². The van der Waals surface area contributed by atoms with E-state index in [0.717, 1.165) is 36.0 Å². The summed E-state index contributed by atoms with van der Waals surface area (Å²) in [6, 6.07) is 36.1. The molecule has 2 aliphatic heterocycles. The summed E-state index contributed by atoms with van der Waals surface area (Å²) < 4.78 is 0. The summed E-state index contributed by atoms with van der Waals surface area (Å²) in [6.07, 6.45) is 2.44. The van der Waals surface area contributed by atoms with Crippen LogP contribution in [-0.4, -0.2) is 89.5 Å². The molecular weight excluding hydrogens is 745 g/mol. The number of nitrogens with one attached hydrogen (secondary N) is 3. The maximum absolute atomic E-state index is 14.0. The van der Waals surface area contributed by atoms with Gasteiger partial charge in [-0.25, -0.2) is 0 Å². The summed E-state index contributed by atoms with van der Waals surface area (Å²) in [5.41, 5.74) is 9.79. The lowest BCUT2D eigenvalue weighted by atomic mass is 9.94. The Hall–Kier alpha value is -6.30. The van der Waals surface area contributed by atoms with Crippen LogP contribution in [0.4, 0.5) is 0 Å². The van der Waals surface area contributed by atoms with Crippen molar-refractivity contribution < 1.29 is 28.8 Å². The summed E-state index contributed by atoms with van der Waals surface area (Å²) in [6.45, 7) is 0.220. The molecule has 5 aliphatic rings. The average Bonchev–Trinajstić information content (AvgIpc) is 4.23. The fourth-order valence-electron chi connectivity index (χ4n) is 9.28. The quantitative estimate of drug-likeness (QED) is 0.171. The topological polar surface area (TPSA) is 171 Å². The first-order valence-corrected chi connectivity index (χ1v) is 20.7. The van der Waals surface area contributed by atoms with Gasteiger partial charge in [0.15, 0.2) is 0 Å². The van der Waals surface area contributed by atoms with Gasteiger partial charge in [0.05, 0.1) is 23.7 Å². The summed E-state index contributed by atoms with van der Waals surface area (Å²) in [4.78, 5) is 84.2. The lowest BCUT2D eigenvalue weighted by Gasteiger charge is -2.18. The van der Waals surface area contributed by atoms with E-state index in [4.69, 9.17) is 5.73 Å². The molecule has 0 unspecified atom stereocenters. The molecule has 3 saturated carbocycles. The van der Waals surface area contributed by atoms with Crippen molar-refractivity contribution in [2.24, 2.45) is 29.4 Å². The third-order valence-corrected chi connectivity index (χ3v) is 13.0. The van der Waals surface area contributed by atoms with Crippen molar-refractivity contribution in [1.82, 2.24) is 25.8 Å². The van der Waals surface area contributed by atoms with Crippen molar-refractivity contribution >= 4 is 35.4 Å². The standard InChI is InChI=1S/C47H48N6O6/c48-42(54)35-23-52(24-36(35)43(55)49-39-20-32(39)27-10-4-1-5-11-27)46(58)30-16-18-31(19-17-30)47(59)53-25-37(44(56)50-40-21-33(40)28-12-6-2-7-13-28)38(26-53)45(57)51-41-22-34(41)29-14-8-3-9-15-29/h1-19,32-41H,20-26H2,(H2,48,54)(H,49,55)(H,50,56)(H,51,57)/t32-,33-,34-,35-,36-,37-,38-,39+,40+,41+/m1/s1. The van der Waals surface area contributed by atoms with Gasteiger partial charge in [0.1, 0.15) is 0 Å². The van der Waals surface area contributed by atoms with Gasteiger partial charge < -0.3 is 31.5 Å². The molecule has 302 valence electrons. The third kappa shape index (κ3) is 8.08. The number of primary amides is 1. The van der Waals surface area contributed by atoms with Crippen molar-refractivity contribution in [3.63, 3.8) is 0 Å². The Balaban J connectivity index is 0.842. The van der Waals surface area contributed by atoms with Crippen LogP contribution in [0.25, 0.3) is 0 Å². The minimum Gasteiger partial charge on any atom is -0.369 e. The van der Waals surface area contributed by atoms with E-state index in [-0.39, 0.29) is 91.6 Å². The van der Waals surface area contributed by atoms with Gasteiger partial charge >= 0.3 is 0 Å². The van der Waals surface area contributed by atoms with Gasteiger partial charge in [-0.2, -0.15) is 0 Å². The fraction of sp³-hybridized carbons (Fsp3) is 0.362. The Morgan fingerprint density at radius 1 is 0.424 bits per heavy atom. The van der Waals surface area contributed by atoms with Crippen LogP contribution in [-0.2, 0) is 19.2 Å². The predicted molar refractivity (Wildman–Crippen MR) is 219 cm³/mol. The molecule has 2 saturated heterocycles. The molecule has 12 heteroatoms. The van der Waals surface area contributed by atoms with Crippen LogP contribution in [0.3, 0.4) is 0 Å². The number of carbonyl (C=O) groups is 6. The molecule has 0 radical (unpaired) electrons. The zero-order valence-electron chi connectivity index (χ0n) is 32.6. The lowest BCUT2D eigenvalue weighted by Crippen LogP contribution is -2.43. The number of amides is 6. The number of rotatable bonds is 12. The van der Waals surface area contributed by atoms with Gasteiger partial charge in [-0.15, -0.1) is 0 Å². The number of likely N-dealkylation sites (tertiary alicyclic amines) is 2. The molecule has 0 spiro atoms. The Morgan fingerprint density at radius 3 is 1.02 bits per heavy atom. The first-order valence-electron chi connectivity index (χ1n) is 20.7. The average molecular weight is 793 g/mol. The van der Waals surface area contributed by atoms with Crippen molar-refractivity contribution in [1.29, 1.82) is 0 Å². The van der Waals surface area contributed by atoms with Crippen LogP contribution >= 0.6 is 0 Å². The van der Waals surface area contributed by atoms with Crippen molar-refractivity contribution in [2.75, 3.05) is 26.2 Å². The molecule has 0 bridgehead atoms. The molecular formula is C47H48N6O6. The Kier molecular flexibility index (Phi) is 10.2. The zero-order chi connectivity index (χ0) is 40.8. The van der Waals surface area contributed by atoms with E-state index in [2.05, 4.69) is 40.2 Å². The minimum atomic E-state index is -0.826. The van der Waals surface area contributed by atoms with Crippen molar-refractivity contribution in [3.05, 3.63) is 143 Å². The molecule has 10 atom stereocenters. The molecule has 5 N–H and O–H groups in total. The van der Waals surface area contributed by atoms with Crippen molar-refractivity contribution in [2.45, 2.75) is 55.1 Å². The number of nitrogens with zero attached hydrogens (tertiary/aromatic N) is 2. The molecule has 2 heterocycles. The third-order valence-electron chi connectivity index (χ3n) is 13.0. The van der Waals surface area contributed by atoms with Crippen LogP contribution in [0, 0.1) is 23.7 Å². The van der Waals surface area contributed by atoms with E-state index in [9.17, 15) is 28.8 Å². The summed E-state index contributed by atoms with van der Waals surface area (Å²) in [5.74, 6) is -4.54. The van der Waals surface area contributed by atoms with Crippen molar-refractivity contribution in [3.8, 4) is 0 Å². The SMILES string of the molecule is NC(=O)[C@@H]1CN(C(=O)c2ccc(C(=O)N3C[C@@H](C(=O)N[C@H]4C[C@@H]4c4ccccc4)[C@H](C(=O)N[C@H]4C[C@@H]4c4ccccc4)C3)cc2)C[C@H]1C(=O)N[C@H]1C[C@@H]1c1ccccc1. The second-order valence-corrected chi connectivity index (χ2v) is 16.9. The number of hydrogen-bond acceptors (Lipinski definition) is 6. The summed E-state index contributed by atoms with van der Waals surface area (Å²) in [5, 5.41) is 9.39. The molecule has 12 nitrogen and oxygen atoms in total. The van der Waals surface area contributed by atoms with E-state index in [1.165, 1.54) is 4.90 Å². The number of hydrogen-bond donors (Lipinski definition) is 4. The second-order valence-electron chi connectivity index (χ2n) is 16.9. The fourth-order valence-corrected chi connectivity index (χ4v) is 9.28. The summed E-state index contributed by atoms with van der Waals surface area (Å²) in [7, 11) is 0. The Labute approximate surface area is 342 Å². The van der Waals surface area contributed by atoms with Gasteiger partial charge in [0.25, 0.3) is 11.8 Å². The Morgan fingerprint density at radius 2 is 0.712 bits per heavy atom. The lowest BCUT2D eigenvalue weighted by molar-refractivity contribution is -0.133. The smallest absolute Gasteiger partial charge is 0.253 e. The van der Waals surface area contributed by atoms with E-state index >= 15 is 0 Å². The first-order chi connectivity index (χ1) is 28.6. The largest absolute Gasteiger partial charge is 0.369 e. The van der Waals surface area contributed by atoms with Crippen LogP contribution in [0.5, 0.6) is 0 Å². The molecule has 6 amide bonds.